The molecule has 0 bridgehead atoms. The van der Waals surface area contributed by atoms with Crippen LogP contribution in [-0.2, 0) is 36.2 Å². The number of halogens is 2. The number of rotatable bonds is 16. The van der Waals surface area contributed by atoms with Crippen LogP contribution < -0.4 is 0 Å². The van der Waals surface area contributed by atoms with Crippen LogP contribution in [0.2, 0.25) is 0 Å². The Morgan fingerprint density at radius 1 is 0.295 bits per heavy atom. The summed E-state index contributed by atoms with van der Waals surface area (Å²) in [7, 11) is 0. The van der Waals surface area contributed by atoms with Crippen molar-refractivity contribution in [3.63, 3.8) is 0 Å². The predicted octanol–water partition coefficient (Wildman–Crippen LogP) is 22.8. The Kier molecular flexibility index (Phi) is 23.5. The average molecular weight is 1150 g/mol. The topological polar surface area (TPSA) is 0 Å². The summed E-state index contributed by atoms with van der Waals surface area (Å²) in [6.07, 6.45) is 15.5. The number of hydrogen-bond donors (Lipinski definition) is 0. The third kappa shape index (κ3) is 13.4. The zero-order valence-corrected chi connectivity index (χ0v) is 51.2. The minimum atomic E-state index is 0. The van der Waals surface area contributed by atoms with Crippen molar-refractivity contribution in [3.8, 4) is 44.5 Å². The van der Waals surface area contributed by atoms with E-state index in [1.165, 1.54) is 208 Å². The molecule has 0 fully saturated rings. The molecule has 0 spiro atoms. The van der Waals surface area contributed by atoms with Gasteiger partial charge in [0.15, 0.2) is 0 Å². The summed E-state index contributed by atoms with van der Waals surface area (Å²) < 4.78 is 0. The molecule has 12 aromatic carbocycles. The van der Waals surface area contributed by atoms with Crippen LogP contribution in [0, 0.1) is 14.9 Å². The minimum absolute atomic E-state index is 0. The summed E-state index contributed by atoms with van der Waals surface area (Å²) in [5.41, 5.74) is 13.6. The number of fused-ring (bicyclic) bond motifs is 6. The molecule has 0 aliphatic rings. The Morgan fingerprint density at radius 3 is 0.872 bits per heavy atom. The maximum atomic E-state index is 3.06. The van der Waals surface area contributed by atoms with Crippen LogP contribution in [0.15, 0.2) is 218 Å². The predicted molar refractivity (Wildman–Crippen MR) is 349 cm³/mol. The van der Waals surface area contributed by atoms with Crippen molar-refractivity contribution in [1.29, 1.82) is 0 Å². The number of unbranched alkanes of at least 4 members (excludes halogenated alkanes) is 8. The van der Waals surface area contributed by atoms with Gasteiger partial charge in [-0.05, 0) is 67.1 Å². The summed E-state index contributed by atoms with van der Waals surface area (Å²) in [6.45, 7) is 7.63. The quantitative estimate of drug-likeness (QED) is 0.0514. The van der Waals surface area contributed by atoms with Crippen molar-refractivity contribution in [2.75, 3.05) is 0 Å². The Hall–Kier alpha value is -5.86. The van der Waals surface area contributed by atoms with Gasteiger partial charge in [0.05, 0.1) is 0 Å². The van der Waals surface area contributed by atoms with E-state index in [0.717, 1.165) is 12.8 Å². The summed E-state index contributed by atoms with van der Waals surface area (Å²) in [5, 5.41) is 16.0. The molecular formula is C74H74Cl2SiZr-4. The molecule has 0 saturated heterocycles. The van der Waals surface area contributed by atoms with E-state index < -0.39 is 0 Å². The van der Waals surface area contributed by atoms with Gasteiger partial charge in [-0.2, -0.15) is 12.1 Å². The summed E-state index contributed by atoms with van der Waals surface area (Å²) in [5.74, 6) is 0. The van der Waals surface area contributed by atoms with E-state index in [-0.39, 0.29) is 39.7 Å². The van der Waals surface area contributed by atoms with E-state index >= 15 is 0 Å². The van der Waals surface area contributed by atoms with Gasteiger partial charge in [0.1, 0.15) is 0 Å². The van der Waals surface area contributed by atoms with Gasteiger partial charge in [0.2, 0.25) is 0 Å². The van der Waals surface area contributed by atoms with Crippen LogP contribution in [0.4, 0.5) is 0 Å². The second-order valence-corrected chi connectivity index (χ2v) is 20.1. The molecule has 0 saturated carbocycles. The van der Waals surface area contributed by atoms with Gasteiger partial charge in [-0.25, -0.2) is 0 Å². The molecule has 0 atom stereocenters. The van der Waals surface area contributed by atoms with Crippen molar-refractivity contribution in [3.05, 3.63) is 244 Å². The van der Waals surface area contributed by atoms with E-state index in [9.17, 15) is 0 Å². The fraction of sp³-hybridized carbons (Fsp3) is 0.189. The first-order valence-corrected chi connectivity index (χ1v) is 31.5. The van der Waals surface area contributed by atoms with E-state index in [1.54, 1.807) is 0 Å². The second-order valence-electron chi connectivity index (χ2n) is 20.1. The molecule has 0 heterocycles. The Labute approximate surface area is 495 Å². The molecule has 78 heavy (non-hydrogen) atoms. The molecule has 0 amide bonds. The summed E-state index contributed by atoms with van der Waals surface area (Å²) in [6, 6.07) is 81.1. The van der Waals surface area contributed by atoms with Crippen LogP contribution in [0.25, 0.3) is 109 Å². The molecule has 0 unspecified atom stereocenters. The van der Waals surface area contributed by atoms with Gasteiger partial charge in [-0.15, -0.1) is 69.6 Å². The molecule has 0 aliphatic heterocycles. The Balaban J connectivity index is 0.000000233. The van der Waals surface area contributed by atoms with Gasteiger partial charge >= 0.3 is 30.2 Å². The van der Waals surface area contributed by atoms with Crippen molar-refractivity contribution in [2.45, 2.75) is 90.9 Å². The van der Waals surface area contributed by atoms with E-state index in [2.05, 4.69) is 239 Å². The van der Waals surface area contributed by atoms with Gasteiger partial charge in [-0.1, -0.05) is 306 Å². The van der Waals surface area contributed by atoms with Crippen molar-refractivity contribution in [1.82, 2.24) is 0 Å². The first-order valence-electron chi connectivity index (χ1n) is 27.3. The Bertz CT molecular complexity index is 3340. The first kappa shape index (κ1) is 61.4. The second kappa shape index (κ2) is 29.9. The summed E-state index contributed by atoms with van der Waals surface area (Å²) >= 11 is 1.36. The van der Waals surface area contributed by atoms with E-state index in [0.29, 0.717) is 0 Å². The van der Waals surface area contributed by atoms with Gasteiger partial charge in [0, 0.05) is 0 Å². The molecule has 12 aromatic rings. The molecule has 0 aliphatic carbocycles. The van der Waals surface area contributed by atoms with Crippen LogP contribution in [0.3, 0.4) is 0 Å². The fourth-order valence-electron chi connectivity index (χ4n) is 11.7. The maximum absolute atomic E-state index is 3.06. The van der Waals surface area contributed by atoms with Crippen molar-refractivity contribution >= 4 is 96.3 Å². The Morgan fingerprint density at radius 2 is 0.551 bits per heavy atom. The molecular weight excluding hydrogens is 1080 g/mol. The normalized spacial score (nSPS) is 10.7. The zero-order chi connectivity index (χ0) is 50.6. The van der Waals surface area contributed by atoms with Crippen LogP contribution >= 0.6 is 24.8 Å². The number of aryl methyl sites for hydroxylation is 2. The molecule has 4 heteroatoms. The molecule has 396 valence electrons. The van der Waals surface area contributed by atoms with Crippen molar-refractivity contribution in [2.24, 2.45) is 0 Å². The van der Waals surface area contributed by atoms with Gasteiger partial charge < -0.3 is 14.9 Å². The average Bonchev–Trinajstić information content (AvgIpc) is 4.10. The molecule has 2 radical (unpaired) electrons. The molecule has 0 N–H and O–H groups in total. The standard InChI is InChI=1S/2C36H33.2CH3.2ClH.Si.Zr/c2*1-2-3-4-5-6-13-26-24-35-33(31-20-11-16-27-14-7-9-18-29(27)31)22-23-34(36(35)25-26)32-21-12-17-28-15-8-10-19-30(28)32;;;;;;/h2*7-12,14-25H,2-6,13H2,1H3;2*1H3;2*1H;;/q4*-1;;;;. The van der Waals surface area contributed by atoms with Crippen molar-refractivity contribution < 1.29 is 23.3 Å². The molecule has 12 rings (SSSR count). The van der Waals surface area contributed by atoms with E-state index in [4.69, 9.17) is 0 Å². The summed E-state index contributed by atoms with van der Waals surface area (Å²) in [4.78, 5) is 0. The SMILES string of the molecule is CCCCCCCc1cc2c(-c3cccc4ccccc34)ccc(-c3cccc4ccccc34)c2[cH-]1.CCCCCCCc1cc2c(-c3cccc4ccccc34)ccc(-c3cccc4ccccc34)c2[cH-]1.Cl.Cl.[CH3-].[CH3-].[Si]=[Zr]. The van der Waals surface area contributed by atoms with Crippen LogP contribution in [-0.4, -0.2) is 6.88 Å². The van der Waals surface area contributed by atoms with Crippen LogP contribution in [0.1, 0.15) is 89.2 Å². The van der Waals surface area contributed by atoms with Crippen LogP contribution in [0.5, 0.6) is 0 Å². The molecule has 0 aromatic heterocycles. The zero-order valence-electron chi connectivity index (χ0n) is 46.1. The van der Waals surface area contributed by atoms with E-state index in [1.807, 2.05) is 0 Å². The first-order chi connectivity index (χ1) is 36.7. The number of benzene rings is 10. The third-order valence-electron chi connectivity index (χ3n) is 15.4. The van der Waals surface area contributed by atoms with Gasteiger partial charge in [-0.3, -0.25) is 0 Å². The van der Waals surface area contributed by atoms with Gasteiger partial charge in [0.25, 0.3) is 0 Å². The third-order valence-corrected chi connectivity index (χ3v) is 15.4. The number of hydrogen-bond acceptors (Lipinski definition) is 0. The monoisotopic (exact) mass is 1150 g/mol. The molecule has 0 nitrogen and oxygen atoms in total. The fourth-order valence-corrected chi connectivity index (χ4v) is 11.7.